The third-order valence-electron chi connectivity index (χ3n) is 6.15. The number of nitro benzene ring substituents is 1. The van der Waals surface area contributed by atoms with E-state index in [-0.39, 0.29) is 39.0 Å². The zero-order chi connectivity index (χ0) is 24.2. The van der Waals surface area contributed by atoms with Gasteiger partial charge in [-0.15, -0.1) is 11.3 Å². The maximum absolute atomic E-state index is 13.6. The summed E-state index contributed by atoms with van der Waals surface area (Å²) in [5, 5.41) is 21.8. The number of thiophene rings is 1. The molecule has 0 saturated heterocycles. The van der Waals surface area contributed by atoms with Gasteiger partial charge in [0, 0.05) is 39.6 Å². The number of carbonyl (C=O) groups is 1. The molecule has 2 aliphatic rings. The molecule has 170 valence electrons. The van der Waals surface area contributed by atoms with Crippen molar-refractivity contribution in [2.45, 2.75) is 46.5 Å². The maximum Gasteiger partial charge on any atom is 0.271 e. The molecule has 0 saturated carbocycles. The monoisotopic (exact) mass is 482 g/mol. The first-order valence-electron chi connectivity index (χ1n) is 10.4. The van der Waals surface area contributed by atoms with Crippen LogP contribution in [0.4, 0.5) is 11.4 Å². The molecule has 0 radical (unpaired) electrons. The van der Waals surface area contributed by atoms with E-state index >= 15 is 0 Å². The van der Waals surface area contributed by atoms with E-state index < -0.39 is 10.8 Å². The van der Waals surface area contributed by atoms with Crippen LogP contribution in [0.25, 0.3) is 0 Å². The van der Waals surface area contributed by atoms with Crippen LogP contribution in [-0.4, -0.2) is 10.7 Å². The van der Waals surface area contributed by atoms with Crippen molar-refractivity contribution in [3.05, 3.63) is 77.4 Å². The Hall–Kier alpha value is -3.15. The van der Waals surface area contributed by atoms with Gasteiger partial charge in [-0.05, 0) is 43.4 Å². The fourth-order valence-electron chi connectivity index (χ4n) is 4.82. The van der Waals surface area contributed by atoms with Gasteiger partial charge in [-0.2, -0.15) is 5.26 Å². The molecule has 0 bridgehead atoms. The molecular formula is C24H23ClN4O3S. The number of nitrogens with zero attached hydrogens (tertiary/aromatic N) is 3. The van der Waals surface area contributed by atoms with E-state index in [1.54, 1.807) is 16.2 Å². The predicted octanol–water partition coefficient (Wildman–Crippen LogP) is 5.87. The minimum atomic E-state index is -0.577. The lowest BCUT2D eigenvalue weighted by Gasteiger charge is -2.43. The van der Waals surface area contributed by atoms with Crippen LogP contribution in [0.5, 0.6) is 0 Å². The molecule has 33 heavy (non-hydrogen) atoms. The quantitative estimate of drug-likeness (QED) is 0.432. The van der Waals surface area contributed by atoms with Crippen LogP contribution < -0.4 is 10.6 Å². The van der Waals surface area contributed by atoms with E-state index in [4.69, 9.17) is 17.3 Å². The summed E-state index contributed by atoms with van der Waals surface area (Å²) in [6.45, 7) is 7.95. The summed E-state index contributed by atoms with van der Waals surface area (Å²) in [6.07, 6.45) is 0.838. The molecule has 0 spiro atoms. The van der Waals surface area contributed by atoms with Crippen LogP contribution in [0.3, 0.4) is 0 Å². The van der Waals surface area contributed by atoms with Crippen LogP contribution in [-0.2, 0) is 4.79 Å². The third-order valence-corrected chi connectivity index (χ3v) is 7.45. The number of hydrogen-bond acceptors (Lipinski definition) is 7. The first kappa shape index (κ1) is 23.0. The standard InChI is InChI=1S/C24H23ClN4O3S/c1-12-7-15(13(2)33-12)21-16(11-26)23(27)28(18-8-14(29(31)32)5-6-17(18)25)19-9-24(3,4)10-20(30)22(19)21/h5-8,21H,9-10,27H2,1-4H3/t21-/m0/s1. The van der Waals surface area contributed by atoms with Gasteiger partial charge in [0.05, 0.1) is 33.2 Å². The molecular weight excluding hydrogens is 460 g/mol. The van der Waals surface area contributed by atoms with E-state index in [1.807, 2.05) is 33.8 Å². The Morgan fingerprint density at radius 1 is 1.30 bits per heavy atom. The molecule has 1 aliphatic carbocycles. The third kappa shape index (κ3) is 3.81. The molecule has 1 atom stereocenters. The summed E-state index contributed by atoms with van der Waals surface area (Å²) in [5.41, 5.74) is 8.67. The van der Waals surface area contributed by atoms with Gasteiger partial charge in [-0.25, -0.2) is 0 Å². The topological polar surface area (TPSA) is 113 Å². The predicted molar refractivity (Wildman–Crippen MR) is 129 cm³/mol. The number of allylic oxidation sites excluding steroid dienone is 3. The minimum Gasteiger partial charge on any atom is -0.384 e. The zero-order valence-electron chi connectivity index (χ0n) is 18.7. The number of aryl methyl sites for hydroxylation is 2. The normalized spacial score (nSPS) is 20.1. The maximum atomic E-state index is 13.6. The molecule has 2 N–H and O–H groups in total. The molecule has 0 unspecified atom stereocenters. The second-order valence-corrected chi connectivity index (χ2v) is 11.1. The summed E-state index contributed by atoms with van der Waals surface area (Å²) in [5.74, 6) is -0.494. The Balaban J connectivity index is 2.05. The van der Waals surface area contributed by atoms with Gasteiger partial charge < -0.3 is 5.73 Å². The number of benzene rings is 1. The van der Waals surface area contributed by atoms with E-state index in [9.17, 15) is 20.2 Å². The van der Waals surface area contributed by atoms with Crippen molar-refractivity contribution >= 4 is 40.1 Å². The number of halogens is 1. The van der Waals surface area contributed by atoms with Gasteiger partial charge in [0.1, 0.15) is 5.82 Å². The lowest BCUT2D eigenvalue weighted by atomic mass is 9.68. The molecule has 0 fully saturated rings. The number of ketones is 1. The highest BCUT2D eigenvalue weighted by molar-refractivity contribution is 7.12. The Kier molecular flexibility index (Phi) is 5.59. The SMILES string of the molecule is Cc1cc([C@H]2C(C#N)=C(N)N(c3cc([N+](=O)[O-])ccc3Cl)C3=C2C(=O)CC(C)(C)C3)c(C)s1. The second kappa shape index (κ2) is 8.01. The van der Waals surface area contributed by atoms with Crippen LogP contribution in [0, 0.1) is 40.7 Å². The first-order chi connectivity index (χ1) is 15.4. The van der Waals surface area contributed by atoms with E-state index in [0.29, 0.717) is 24.1 Å². The number of rotatable bonds is 3. The average molecular weight is 483 g/mol. The lowest BCUT2D eigenvalue weighted by Crippen LogP contribution is -2.42. The van der Waals surface area contributed by atoms with Crippen molar-refractivity contribution in [2.75, 3.05) is 4.90 Å². The van der Waals surface area contributed by atoms with Crippen molar-refractivity contribution in [3.8, 4) is 6.07 Å². The molecule has 0 amide bonds. The number of nitriles is 1. The Morgan fingerprint density at radius 3 is 2.58 bits per heavy atom. The first-order valence-corrected chi connectivity index (χ1v) is 11.6. The number of anilines is 1. The fourth-order valence-corrected chi connectivity index (χ4v) is 5.98. The summed E-state index contributed by atoms with van der Waals surface area (Å²) < 4.78 is 0. The van der Waals surface area contributed by atoms with Gasteiger partial charge in [0.15, 0.2) is 5.78 Å². The summed E-state index contributed by atoms with van der Waals surface area (Å²) in [4.78, 5) is 28.2. The lowest BCUT2D eigenvalue weighted by molar-refractivity contribution is -0.384. The molecule has 7 nitrogen and oxygen atoms in total. The van der Waals surface area contributed by atoms with Crippen molar-refractivity contribution < 1.29 is 9.72 Å². The Bertz CT molecular complexity index is 1320. The average Bonchev–Trinajstić information content (AvgIpc) is 3.04. The van der Waals surface area contributed by atoms with Crippen molar-refractivity contribution in [3.63, 3.8) is 0 Å². The number of Topliss-reactive ketones (excluding diaryl/α,β-unsaturated/α-hetero) is 1. The van der Waals surface area contributed by atoms with Crippen LogP contribution in [0.2, 0.25) is 5.02 Å². The van der Waals surface area contributed by atoms with E-state index in [1.165, 1.54) is 18.2 Å². The zero-order valence-corrected chi connectivity index (χ0v) is 20.3. The molecule has 1 aromatic carbocycles. The summed E-state index contributed by atoms with van der Waals surface area (Å²) >= 11 is 8.09. The number of nitro groups is 1. The van der Waals surface area contributed by atoms with Gasteiger partial charge in [0.25, 0.3) is 5.69 Å². The van der Waals surface area contributed by atoms with Crippen LogP contribution >= 0.6 is 22.9 Å². The van der Waals surface area contributed by atoms with Gasteiger partial charge >= 0.3 is 0 Å². The van der Waals surface area contributed by atoms with Crippen molar-refractivity contribution in [1.29, 1.82) is 5.26 Å². The fraction of sp³-hybridized carbons (Fsp3) is 0.333. The van der Waals surface area contributed by atoms with Gasteiger partial charge in [-0.1, -0.05) is 25.4 Å². The number of carbonyl (C=O) groups excluding carboxylic acids is 1. The molecule has 2 aromatic rings. The van der Waals surface area contributed by atoms with E-state index in [2.05, 4.69) is 6.07 Å². The summed E-state index contributed by atoms with van der Waals surface area (Å²) in [6, 6.07) is 8.31. The molecule has 1 aromatic heterocycles. The number of non-ortho nitro benzene ring substituents is 1. The van der Waals surface area contributed by atoms with Crippen molar-refractivity contribution in [1.82, 2.24) is 0 Å². The molecule has 9 heteroatoms. The number of nitrogens with two attached hydrogens (primary N) is 1. The Labute approximate surface area is 200 Å². The molecule has 4 rings (SSSR count). The summed E-state index contributed by atoms with van der Waals surface area (Å²) in [7, 11) is 0. The van der Waals surface area contributed by atoms with Gasteiger partial charge in [0.2, 0.25) is 0 Å². The highest BCUT2D eigenvalue weighted by Gasteiger charge is 2.45. The number of hydrogen-bond donors (Lipinski definition) is 1. The molecule has 2 heterocycles. The van der Waals surface area contributed by atoms with E-state index in [0.717, 1.165) is 15.3 Å². The highest BCUT2D eigenvalue weighted by Crippen LogP contribution is 2.52. The molecule has 1 aliphatic heterocycles. The highest BCUT2D eigenvalue weighted by atomic mass is 35.5. The Morgan fingerprint density at radius 2 is 2.00 bits per heavy atom. The largest absolute Gasteiger partial charge is 0.384 e. The van der Waals surface area contributed by atoms with Crippen molar-refractivity contribution in [2.24, 2.45) is 11.1 Å². The second-order valence-electron chi connectivity index (χ2n) is 9.24. The smallest absolute Gasteiger partial charge is 0.271 e. The van der Waals surface area contributed by atoms with Gasteiger partial charge in [-0.3, -0.25) is 19.8 Å². The van der Waals surface area contributed by atoms with Crippen LogP contribution in [0.1, 0.15) is 47.9 Å². The minimum absolute atomic E-state index is 0.0543. The van der Waals surface area contributed by atoms with Crippen LogP contribution in [0.15, 0.2) is 46.9 Å².